The molecule has 0 unspecified atom stereocenters. The Balaban J connectivity index is 1.54. The summed E-state index contributed by atoms with van der Waals surface area (Å²) in [4.78, 5) is 4.41. The summed E-state index contributed by atoms with van der Waals surface area (Å²) in [6.45, 7) is 1.99. The molecule has 0 aliphatic heterocycles. The molecule has 0 saturated heterocycles. The molecule has 0 aliphatic carbocycles. The first-order valence-corrected chi connectivity index (χ1v) is 9.65. The fraction of sp³-hybridized carbons (Fsp3) is 0.167. The molecule has 2 aromatic heterocycles. The third-order valence-corrected chi connectivity index (χ3v) is 5.14. The molecule has 0 radical (unpaired) electrons. The van der Waals surface area contributed by atoms with E-state index in [1.807, 2.05) is 43.3 Å². The summed E-state index contributed by atoms with van der Waals surface area (Å²) in [5.41, 5.74) is 2.55. The zero-order valence-corrected chi connectivity index (χ0v) is 16.6. The van der Waals surface area contributed by atoms with Gasteiger partial charge in [-0.05, 0) is 47.2 Å². The number of aryl methyl sites for hydroxylation is 1. The van der Waals surface area contributed by atoms with Crippen LogP contribution in [-0.4, -0.2) is 37.5 Å². The van der Waals surface area contributed by atoms with Crippen molar-refractivity contribution in [3.05, 3.63) is 58.9 Å². The van der Waals surface area contributed by atoms with Crippen molar-refractivity contribution in [1.29, 1.82) is 0 Å². The van der Waals surface area contributed by atoms with E-state index in [1.165, 1.54) is 11.8 Å². The third kappa shape index (κ3) is 3.71. The van der Waals surface area contributed by atoms with E-state index in [0.29, 0.717) is 33.4 Å². The van der Waals surface area contributed by atoms with Gasteiger partial charge in [-0.2, -0.15) is 9.67 Å². The molecule has 0 spiro atoms. The summed E-state index contributed by atoms with van der Waals surface area (Å²) in [5.74, 6) is 1.98. The van der Waals surface area contributed by atoms with Crippen LogP contribution in [-0.2, 0) is 5.75 Å². The van der Waals surface area contributed by atoms with Gasteiger partial charge in [0.25, 0.3) is 0 Å². The Labute approximate surface area is 169 Å². The van der Waals surface area contributed by atoms with Crippen molar-refractivity contribution in [2.75, 3.05) is 7.11 Å². The topological polar surface area (TPSA) is 91.8 Å². The van der Waals surface area contributed by atoms with Gasteiger partial charge in [-0.25, -0.2) is 0 Å². The van der Waals surface area contributed by atoms with E-state index in [0.717, 1.165) is 16.8 Å². The second kappa shape index (κ2) is 7.99. The second-order valence-corrected chi connectivity index (χ2v) is 7.18. The minimum absolute atomic E-state index is 0.409. The fourth-order valence-electron chi connectivity index (χ4n) is 2.58. The van der Waals surface area contributed by atoms with Crippen molar-refractivity contribution >= 4 is 23.4 Å². The predicted molar refractivity (Wildman–Crippen MR) is 105 cm³/mol. The normalized spacial score (nSPS) is 11.0. The average molecular weight is 415 g/mol. The fourth-order valence-corrected chi connectivity index (χ4v) is 3.52. The minimum Gasteiger partial charge on any atom is -0.494 e. The predicted octanol–water partition coefficient (Wildman–Crippen LogP) is 3.98. The van der Waals surface area contributed by atoms with Crippen LogP contribution < -0.4 is 4.74 Å². The standard InChI is InChI=1S/C18H15ClN6O2S/c1-11-7-8-15(26-2)14(9-11)25-18(21-23-24-25)28-10-16-20-17(22-27-16)12-5-3-4-6-13(12)19/h3-9H,10H2,1-2H3. The zero-order valence-electron chi connectivity index (χ0n) is 15.0. The number of hydrogen-bond donors (Lipinski definition) is 0. The molecule has 8 nitrogen and oxygen atoms in total. The molecule has 0 aliphatic rings. The Morgan fingerprint density at radius 3 is 2.89 bits per heavy atom. The quantitative estimate of drug-likeness (QED) is 0.437. The molecule has 0 amide bonds. The Bertz CT molecular complexity index is 1110. The lowest BCUT2D eigenvalue weighted by Gasteiger charge is -2.09. The van der Waals surface area contributed by atoms with Gasteiger partial charge in [-0.1, -0.05) is 46.7 Å². The number of ether oxygens (including phenoxy) is 1. The number of benzene rings is 2. The monoisotopic (exact) mass is 414 g/mol. The van der Waals surface area contributed by atoms with Crippen LogP contribution in [0.2, 0.25) is 5.02 Å². The van der Waals surface area contributed by atoms with Gasteiger partial charge in [0, 0.05) is 5.56 Å². The summed E-state index contributed by atoms with van der Waals surface area (Å²) < 4.78 is 12.4. The van der Waals surface area contributed by atoms with E-state index in [4.69, 9.17) is 20.9 Å². The van der Waals surface area contributed by atoms with Crippen LogP contribution in [0.3, 0.4) is 0 Å². The highest BCUT2D eigenvalue weighted by atomic mass is 35.5. The van der Waals surface area contributed by atoms with Gasteiger partial charge in [0.1, 0.15) is 11.4 Å². The molecule has 4 aromatic rings. The van der Waals surface area contributed by atoms with Crippen molar-refractivity contribution in [1.82, 2.24) is 30.3 Å². The number of hydrogen-bond acceptors (Lipinski definition) is 8. The summed E-state index contributed by atoms with van der Waals surface area (Å²) in [6, 6.07) is 13.2. The van der Waals surface area contributed by atoms with Crippen LogP contribution in [0.4, 0.5) is 0 Å². The maximum Gasteiger partial charge on any atom is 0.237 e. The van der Waals surface area contributed by atoms with Crippen LogP contribution in [0.5, 0.6) is 5.75 Å². The lowest BCUT2D eigenvalue weighted by Crippen LogP contribution is -2.02. The van der Waals surface area contributed by atoms with Gasteiger partial charge in [-0.15, -0.1) is 5.10 Å². The van der Waals surface area contributed by atoms with E-state index in [-0.39, 0.29) is 0 Å². The van der Waals surface area contributed by atoms with Crippen molar-refractivity contribution < 1.29 is 9.26 Å². The molecule has 0 saturated carbocycles. The van der Waals surface area contributed by atoms with Crippen LogP contribution in [0.1, 0.15) is 11.5 Å². The van der Waals surface area contributed by atoms with E-state index in [1.54, 1.807) is 17.9 Å². The summed E-state index contributed by atoms with van der Waals surface area (Å²) >= 11 is 7.57. The van der Waals surface area contributed by atoms with Gasteiger partial charge < -0.3 is 9.26 Å². The van der Waals surface area contributed by atoms with Gasteiger partial charge in [0.15, 0.2) is 0 Å². The first kappa shape index (κ1) is 18.5. The first-order chi connectivity index (χ1) is 13.7. The molecule has 0 fully saturated rings. The molecule has 2 heterocycles. The van der Waals surface area contributed by atoms with Crippen LogP contribution in [0.15, 0.2) is 52.1 Å². The zero-order chi connectivity index (χ0) is 19.5. The number of tetrazole rings is 1. The molecular weight excluding hydrogens is 400 g/mol. The Kier molecular flexibility index (Phi) is 5.27. The van der Waals surface area contributed by atoms with E-state index < -0.39 is 0 Å². The molecule has 142 valence electrons. The number of methoxy groups -OCH3 is 1. The molecule has 4 rings (SSSR count). The maximum atomic E-state index is 6.19. The lowest BCUT2D eigenvalue weighted by atomic mass is 10.2. The number of nitrogens with zero attached hydrogens (tertiary/aromatic N) is 6. The maximum absolute atomic E-state index is 6.19. The Hall–Kier alpha value is -2.91. The highest BCUT2D eigenvalue weighted by Crippen LogP contribution is 2.29. The number of halogens is 1. The summed E-state index contributed by atoms with van der Waals surface area (Å²) in [6.07, 6.45) is 0. The lowest BCUT2D eigenvalue weighted by molar-refractivity contribution is 0.391. The largest absolute Gasteiger partial charge is 0.494 e. The average Bonchev–Trinajstić information content (AvgIpc) is 3.36. The van der Waals surface area contributed by atoms with Gasteiger partial charge in [0.05, 0.1) is 17.9 Å². The van der Waals surface area contributed by atoms with Crippen molar-refractivity contribution in [3.63, 3.8) is 0 Å². The summed E-state index contributed by atoms with van der Waals surface area (Å²) in [5, 5.41) is 17.1. The van der Waals surface area contributed by atoms with Crippen LogP contribution in [0.25, 0.3) is 17.1 Å². The van der Waals surface area contributed by atoms with Crippen molar-refractivity contribution in [2.45, 2.75) is 17.8 Å². The van der Waals surface area contributed by atoms with Crippen molar-refractivity contribution in [3.8, 4) is 22.8 Å². The molecule has 28 heavy (non-hydrogen) atoms. The minimum atomic E-state index is 0.409. The smallest absolute Gasteiger partial charge is 0.237 e. The van der Waals surface area contributed by atoms with Crippen LogP contribution >= 0.6 is 23.4 Å². The summed E-state index contributed by atoms with van der Waals surface area (Å²) in [7, 11) is 1.61. The van der Waals surface area contributed by atoms with Gasteiger partial charge in [0.2, 0.25) is 16.9 Å². The molecule has 10 heteroatoms. The Morgan fingerprint density at radius 1 is 1.21 bits per heavy atom. The number of aromatic nitrogens is 6. The molecule has 0 atom stereocenters. The van der Waals surface area contributed by atoms with Crippen LogP contribution in [0, 0.1) is 6.92 Å². The van der Waals surface area contributed by atoms with E-state index in [9.17, 15) is 0 Å². The Morgan fingerprint density at radius 2 is 2.07 bits per heavy atom. The van der Waals surface area contributed by atoms with E-state index in [2.05, 4.69) is 25.7 Å². The van der Waals surface area contributed by atoms with Gasteiger partial charge in [-0.3, -0.25) is 0 Å². The second-order valence-electron chi connectivity index (χ2n) is 5.83. The molecular formula is C18H15ClN6O2S. The van der Waals surface area contributed by atoms with E-state index >= 15 is 0 Å². The highest BCUT2D eigenvalue weighted by Gasteiger charge is 2.16. The highest BCUT2D eigenvalue weighted by molar-refractivity contribution is 7.98. The molecule has 0 bridgehead atoms. The van der Waals surface area contributed by atoms with Crippen molar-refractivity contribution in [2.24, 2.45) is 0 Å². The number of rotatable bonds is 6. The molecule has 2 aromatic carbocycles. The molecule has 0 N–H and O–H groups in total. The van der Waals surface area contributed by atoms with Gasteiger partial charge >= 0.3 is 0 Å². The SMILES string of the molecule is COc1ccc(C)cc1-n1nnnc1SCc1nc(-c2ccccc2Cl)no1. The third-order valence-electron chi connectivity index (χ3n) is 3.91. The number of thioether (sulfide) groups is 1. The first-order valence-electron chi connectivity index (χ1n) is 8.29.